The summed E-state index contributed by atoms with van der Waals surface area (Å²) in [6, 6.07) is 0.141. The lowest BCUT2D eigenvalue weighted by atomic mass is 9.98. The summed E-state index contributed by atoms with van der Waals surface area (Å²) in [6.07, 6.45) is 8.18. The van der Waals surface area contributed by atoms with Crippen molar-refractivity contribution in [3.63, 3.8) is 0 Å². The van der Waals surface area contributed by atoms with Crippen LogP contribution in [0.4, 0.5) is 5.13 Å². The number of rotatable bonds is 3. The summed E-state index contributed by atoms with van der Waals surface area (Å²) in [4.78, 5) is 11.3. The maximum Gasteiger partial charge on any atom is 0.249 e. The second-order valence-corrected chi connectivity index (χ2v) is 6.86. The highest BCUT2D eigenvalue weighted by molar-refractivity contribution is 7.13. The normalized spacial score (nSPS) is 23.7. The SMILES string of the molecule is Cl.NC1(c2noc(C3CCCN3c3nccs3)n2)CCCC1. The van der Waals surface area contributed by atoms with Crippen LogP contribution in [0.25, 0.3) is 0 Å². The van der Waals surface area contributed by atoms with Gasteiger partial charge in [-0.3, -0.25) is 0 Å². The van der Waals surface area contributed by atoms with Crippen LogP contribution in [0.2, 0.25) is 0 Å². The zero-order valence-corrected chi connectivity index (χ0v) is 13.9. The van der Waals surface area contributed by atoms with Gasteiger partial charge in [-0.15, -0.1) is 23.7 Å². The largest absolute Gasteiger partial charge is 0.337 e. The number of nitrogens with two attached hydrogens (primary N) is 1. The van der Waals surface area contributed by atoms with Crippen LogP contribution in [0.15, 0.2) is 16.1 Å². The fourth-order valence-corrected chi connectivity index (χ4v) is 4.13. The molecule has 2 aromatic heterocycles. The molecule has 0 radical (unpaired) electrons. The minimum absolute atomic E-state index is 0. The highest BCUT2D eigenvalue weighted by Gasteiger charge is 2.38. The fourth-order valence-electron chi connectivity index (χ4n) is 3.41. The minimum atomic E-state index is -0.383. The molecule has 22 heavy (non-hydrogen) atoms. The van der Waals surface area contributed by atoms with E-state index in [0.29, 0.717) is 11.7 Å². The molecule has 3 heterocycles. The van der Waals surface area contributed by atoms with E-state index in [4.69, 9.17) is 10.3 Å². The number of anilines is 1. The zero-order valence-electron chi connectivity index (χ0n) is 12.3. The third kappa shape index (κ3) is 2.61. The summed E-state index contributed by atoms with van der Waals surface area (Å²) < 4.78 is 5.55. The average molecular weight is 342 g/mol. The van der Waals surface area contributed by atoms with Crippen molar-refractivity contribution in [1.82, 2.24) is 15.1 Å². The standard InChI is InChI=1S/C14H19N5OS.ClH/c15-14(5-1-2-6-14)12-17-11(20-18-12)10-4-3-8-19(10)13-16-7-9-21-13;/h7,9-10H,1-6,8,15H2;1H. The molecule has 8 heteroatoms. The van der Waals surface area contributed by atoms with Crippen LogP contribution in [0, 0.1) is 0 Å². The molecule has 0 spiro atoms. The van der Waals surface area contributed by atoms with Gasteiger partial charge >= 0.3 is 0 Å². The van der Waals surface area contributed by atoms with Crippen molar-refractivity contribution in [3.05, 3.63) is 23.3 Å². The number of hydrogen-bond acceptors (Lipinski definition) is 7. The van der Waals surface area contributed by atoms with E-state index in [2.05, 4.69) is 20.0 Å². The molecule has 1 saturated carbocycles. The topological polar surface area (TPSA) is 81.1 Å². The number of aromatic nitrogens is 3. The predicted octanol–water partition coefficient (Wildman–Crippen LogP) is 3.02. The van der Waals surface area contributed by atoms with Crippen molar-refractivity contribution in [1.29, 1.82) is 0 Å². The summed E-state index contributed by atoms with van der Waals surface area (Å²) in [6.45, 7) is 0.990. The van der Waals surface area contributed by atoms with Crippen LogP contribution in [-0.2, 0) is 5.54 Å². The Bertz CT molecular complexity index is 611. The van der Waals surface area contributed by atoms with E-state index in [9.17, 15) is 0 Å². The molecule has 1 aliphatic carbocycles. The number of thiazole rings is 1. The molecule has 0 bridgehead atoms. The number of hydrogen-bond donors (Lipinski definition) is 1. The second-order valence-electron chi connectivity index (χ2n) is 5.99. The van der Waals surface area contributed by atoms with Crippen molar-refractivity contribution in [3.8, 4) is 0 Å². The lowest BCUT2D eigenvalue weighted by molar-refractivity contribution is 0.334. The van der Waals surface area contributed by atoms with E-state index >= 15 is 0 Å². The molecule has 2 fully saturated rings. The zero-order chi connectivity index (χ0) is 14.3. The molecule has 2 N–H and O–H groups in total. The summed E-state index contributed by atoms with van der Waals surface area (Å²) in [5, 5.41) is 7.20. The molecular weight excluding hydrogens is 322 g/mol. The lowest BCUT2D eigenvalue weighted by Gasteiger charge is -2.21. The highest BCUT2D eigenvalue weighted by Crippen LogP contribution is 2.39. The van der Waals surface area contributed by atoms with Gasteiger partial charge in [-0.1, -0.05) is 18.0 Å². The van der Waals surface area contributed by atoms with Crippen LogP contribution in [-0.4, -0.2) is 21.7 Å². The maximum absolute atomic E-state index is 6.41. The van der Waals surface area contributed by atoms with E-state index in [1.54, 1.807) is 11.3 Å². The molecule has 1 aliphatic heterocycles. The Kier molecular flexibility index (Phi) is 4.38. The van der Waals surface area contributed by atoms with Crippen molar-refractivity contribution in [2.45, 2.75) is 50.1 Å². The van der Waals surface area contributed by atoms with Gasteiger partial charge in [-0.05, 0) is 25.7 Å². The van der Waals surface area contributed by atoms with E-state index in [1.807, 2.05) is 11.6 Å². The van der Waals surface area contributed by atoms with Crippen LogP contribution in [0.5, 0.6) is 0 Å². The van der Waals surface area contributed by atoms with Gasteiger partial charge in [-0.2, -0.15) is 4.98 Å². The molecule has 1 atom stereocenters. The number of nitrogens with zero attached hydrogens (tertiary/aromatic N) is 4. The van der Waals surface area contributed by atoms with Crippen LogP contribution >= 0.6 is 23.7 Å². The molecule has 1 unspecified atom stereocenters. The Morgan fingerprint density at radius 3 is 2.86 bits per heavy atom. The van der Waals surface area contributed by atoms with Gasteiger partial charge in [0.25, 0.3) is 0 Å². The van der Waals surface area contributed by atoms with Gasteiger partial charge in [0.15, 0.2) is 11.0 Å². The van der Waals surface area contributed by atoms with Gasteiger partial charge in [0.1, 0.15) is 6.04 Å². The molecule has 2 aliphatic rings. The molecular formula is C14H20ClN5OS. The number of halogens is 1. The molecule has 1 saturated heterocycles. The van der Waals surface area contributed by atoms with E-state index in [0.717, 1.165) is 50.2 Å². The first-order valence-electron chi connectivity index (χ1n) is 7.55. The summed E-state index contributed by atoms with van der Waals surface area (Å²) in [5.74, 6) is 1.37. The van der Waals surface area contributed by atoms with E-state index in [-0.39, 0.29) is 24.0 Å². The lowest BCUT2D eigenvalue weighted by Crippen LogP contribution is -2.34. The van der Waals surface area contributed by atoms with Crippen LogP contribution in [0.3, 0.4) is 0 Å². The molecule has 6 nitrogen and oxygen atoms in total. The van der Waals surface area contributed by atoms with Crippen molar-refractivity contribution in [2.75, 3.05) is 11.4 Å². The first kappa shape index (κ1) is 15.7. The third-order valence-electron chi connectivity index (χ3n) is 4.59. The fraction of sp³-hybridized carbons (Fsp3) is 0.643. The molecule has 2 aromatic rings. The average Bonchev–Trinajstić information content (AvgIpc) is 3.25. The van der Waals surface area contributed by atoms with Gasteiger partial charge in [0.2, 0.25) is 5.89 Å². The Hall–Kier alpha value is -1.18. The Morgan fingerprint density at radius 2 is 2.14 bits per heavy atom. The van der Waals surface area contributed by atoms with Crippen molar-refractivity contribution < 1.29 is 4.52 Å². The first-order chi connectivity index (χ1) is 10.3. The van der Waals surface area contributed by atoms with Gasteiger partial charge in [-0.25, -0.2) is 4.98 Å². The van der Waals surface area contributed by atoms with Crippen molar-refractivity contribution >= 4 is 28.9 Å². The molecule has 120 valence electrons. The van der Waals surface area contributed by atoms with Crippen molar-refractivity contribution in [2.24, 2.45) is 5.73 Å². The minimum Gasteiger partial charge on any atom is -0.337 e. The maximum atomic E-state index is 6.41. The predicted molar refractivity (Wildman–Crippen MR) is 87.3 cm³/mol. The monoisotopic (exact) mass is 341 g/mol. The van der Waals surface area contributed by atoms with E-state index < -0.39 is 0 Å². The summed E-state index contributed by atoms with van der Waals surface area (Å²) in [5.41, 5.74) is 6.03. The van der Waals surface area contributed by atoms with E-state index in [1.165, 1.54) is 0 Å². The molecule has 4 rings (SSSR count). The molecule has 0 amide bonds. The van der Waals surface area contributed by atoms with Gasteiger partial charge in [0.05, 0.1) is 5.54 Å². The van der Waals surface area contributed by atoms with Gasteiger partial charge < -0.3 is 15.2 Å². The quantitative estimate of drug-likeness (QED) is 0.924. The Balaban J connectivity index is 0.00000144. The summed E-state index contributed by atoms with van der Waals surface area (Å²) >= 11 is 1.65. The third-order valence-corrected chi connectivity index (χ3v) is 5.39. The first-order valence-corrected chi connectivity index (χ1v) is 8.43. The highest BCUT2D eigenvalue weighted by atomic mass is 35.5. The summed E-state index contributed by atoms with van der Waals surface area (Å²) in [7, 11) is 0. The Morgan fingerprint density at radius 1 is 1.32 bits per heavy atom. The Labute approximate surface area is 139 Å². The molecule has 0 aromatic carbocycles. The van der Waals surface area contributed by atoms with Gasteiger partial charge in [0, 0.05) is 18.1 Å². The van der Waals surface area contributed by atoms with Crippen LogP contribution < -0.4 is 10.6 Å². The second kappa shape index (κ2) is 6.14. The van der Waals surface area contributed by atoms with Crippen LogP contribution in [0.1, 0.15) is 56.3 Å². The smallest absolute Gasteiger partial charge is 0.249 e.